The summed E-state index contributed by atoms with van der Waals surface area (Å²) in [5.74, 6) is 0.0317. The molecule has 0 saturated carbocycles. The zero-order valence-corrected chi connectivity index (χ0v) is 8.60. The standard InChI is InChI=1S/C10H11FO2S/c1-2-14-6-7-5-8(11)3-4-9(7)10(12)13/h3-5H,2,6H2,1H3,(H,12,13). The van der Waals surface area contributed by atoms with E-state index in [4.69, 9.17) is 5.11 Å². The van der Waals surface area contributed by atoms with Crippen molar-refractivity contribution in [3.05, 3.63) is 35.1 Å². The lowest BCUT2D eigenvalue weighted by Gasteiger charge is -2.04. The number of carboxylic acids is 1. The van der Waals surface area contributed by atoms with Crippen LogP contribution in [0.5, 0.6) is 0 Å². The third-order valence-electron chi connectivity index (χ3n) is 1.76. The van der Waals surface area contributed by atoms with Gasteiger partial charge in [0.1, 0.15) is 5.82 Å². The SMILES string of the molecule is CCSCc1cc(F)ccc1C(=O)O. The number of thioether (sulfide) groups is 1. The lowest BCUT2D eigenvalue weighted by molar-refractivity contribution is 0.0696. The van der Waals surface area contributed by atoms with E-state index in [-0.39, 0.29) is 11.4 Å². The largest absolute Gasteiger partial charge is 0.478 e. The summed E-state index contributed by atoms with van der Waals surface area (Å²) in [6.07, 6.45) is 0. The average Bonchev–Trinajstić information content (AvgIpc) is 2.14. The molecule has 1 aromatic rings. The number of aromatic carboxylic acids is 1. The topological polar surface area (TPSA) is 37.3 Å². The summed E-state index contributed by atoms with van der Waals surface area (Å²) in [5.41, 5.74) is 0.733. The van der Waals surface area contributed by atoms with E-state index in [1.807, 2.05) is 6.92 Å². The maximum atomic E-state index is 12.8. The van der Waals surface area contributed by atoms with Gasteiger partial charge in [-0.2, -0.15) is 11.8 Å². The van der Waals surface area contributed by atoms with Crippen LogP contribution in [0.25, 0.3) is 0 Å². The van der Waals surface area contributed by atoms with Gasteiger partial charge in [0, 0.05) is 5.75 Å². The fourth-order valence-corrected chi connectivity index (χ4v) is 1.77. The van der Waals surface area contributed by atoms with E-state index in [1.165, 1.54) is 18.2 Å². The van der Waals surface area contributed by atoms with Crippen LogP contribution < -0.4 is 0 Å². The normalized spacial score (nSPS) is 10.1. The second-order valence-electron chi connectivity index (χ2n) is 2.74. The zero-order valence-electron chi connectivity index (χ0n) is 7.79. The number of halogens is 1. The van der Waals surface area contributed by atoms with E-state index in [2.05, 4.69) is 0 Å². The van der Waals surface area contributed by atoms with Gasteiger partial charge in [0.25, 0.3) is 0 Å². The van der Waals surface area contributed by atoms with E-state index >= 15 is 0 Å². The Morgan fingerprint density at radius 3 is 2.86 bits per heavy atom. The molecular weight excluding hydrogens is 203 g/mol. The minimum atomic E-state index is -1.00. The molecule has 0 fully saturated rings. The number of benzene rings is 1. The molecule has 0 aliphatic carbocycles. The molecule has 1 rings (SSSR count). The predicted molar refractivity (Wildman–Crippen MR) is 55.2 cm³/mol. The Kier molecular flexibility index (Phi) is 3.95. The number of hydrogen-bond donors (Lipinski definition) is 1. The first-order chi connectivity index (χ1) is 6.65. The molecule has 0 aliphatic rings. The number of carbonyl (C=O) groups is 1. The van der Waals surface area contributed by atoms with E-state index in [9.17, 15) is 9.18 Å². The number of rotatable bonds is 4. The number of carboxylic acid groups (broad SMARTS) is 1. The van der Waals surface area contributed by atoms with Crippen LogP contribution in [0.2, 0.25) is 0 Å². The summed E-state index contributed by atoms with van der Waals surface area (Å²) >= 11 is 1.57. The Bertz CT molecular complexity index is 339. The van der Waals surface area contributed by atoms with Crippen LogP contribution in [0.1, 0.15) is 22.8 Å². The first-order valence-electron chi connectivity index (χ1n) is 4.24. The van der Waals surface area contributed by atoms with Crippen molar-refractivity contribution in [3.8, 4) is 0 Å². The molecule has 1 aromatic carbocycles. The minimum absolute atomic E-state index is 0.187. The predicted octanol–water partition coefficient (Wildman–Crippen LogP) is 2.78. The summed E-state index contributed by atoms with van der Waals surface area (Å²) in [6.45, 7) is 1.98. The van der Waals surface area contributed by atoms with Crippen molar-refractivity contribution >= 4 is 17.7 Å². The highest BCUT2D eigenvalue weighted by atomic mass is 32.2. The Morgan fingerprint density at radius 1 is 1.57 bits per heavy atom. The fourth-order valence-electron chi connectivity index (χ4n) is 1.10. The monoisotopic (exact) mass is 214 g/mol. The molecule has 0 atom stereocenters. The van der Waals surface area contributed by atoms with Gasteiger partial charge in [-0.3, -0.25) is 0 Å². The smallest absolute Gasteiger partial charge is 0.335 e. The molecule has 0 heterocycles. The van der Waals surface area contributed by atoms with Crippen LogP contribution in [-0.4, -0.2) is 16.8 Å². The third-order valence-corrected chi connectivity index (χ3v) is 2.68. The molecule has 0 amide bonds. The van der Waals surface area contributed by atoms with Gasteiger partial charge < -0.3 is 5.11 Å². The molecule has 76 valence electrons. The van der Waals surface area contributed by atoms with Crippen LogP contribution in [0.15, 0.2) is 18.2 Å². The maximum absolute atomic E-state index is 12.8. The van der Waals surface area contributed by atoms with Gasteiger partial charge in [-0.25, -0.2) is 9.18 Å². The van der Waals surface area contributed by atoms with Crippen molar-refractivity contribution < 1.29 is 14.3 Å². The molecular formula is C10H11FO2S. The molecule has 2 nitrogen and oxygen atoms in total. The van der Waals surface area contributed by atoms with Crippen molar-refractivity contribution in [2.24, 2.45) is 0 Å². The van der Waals surface area contributed by atoms with Gasteiger partial charge >= 0.3 is 5.97 Å². The molecule has 0 radical (unpaired) electrons. The van der Waals surface area contributed by atoms with Crippen molar-refractivity contribution in [2.75, 3.05) is 5.75 Å². The lowest BCUT2D eigenvalue weighted by atomic mass is 10.1. The van der Waals surface area contributed by atoms with Gasteiger partial charge in [0.15, 0.2) is 0 Å². The third kappa shape index (κ3) is 2.73. The molecule has 0 bridgehead atoms. The summed E-state index contributed by atoms with van der Waals surface area (Å²) in [7, 11) is 0. The van der Waals surface area contributed by atoms with Crippen LogP contribution in [0.3, 0.4) is 0 Å². The first-order valence-corrected chi connectivity index (χ1v) is 5.40. The van der Waals surface area contributed by atoms with Gasteiger partial charge in [-0.1, -0.05) is 6.92 Å². The second-order valence-corrected chi connectivity index (χ2v) is 4.02. The second kappa shape index (κ2) is 5.00. The van der Waals surface area contributed by atoms with Gasteiger partial charge in [-0.15, -0.1) is 0 Å². The van der Waals surface area contributed by atoms with Gasteiger partial charge in [-0.05, 0) is 29.5 Å². The molecule has 1 N–H and O–H groups in total. The zero-order chi connectivity index (χ0) is 10.6. The molecule has 0 aromatic heterocycles. The highest BCUT2D eigenvalue weighted by molar-refractivity contribution is 7.98. The van der Waals surface area contributed by atoms with Crippen molar-refractivity contribution in [2.45, 2.75) is 12.7 Å². The summed E-state index contributed by atoms with van der Waals surface area (Å²) < 4.78 is 12.8. The van der Waals surface area contributed by atoms with Crippen LogP contribution >= 0.6 is 11.8 Å². The van der Waals surface area contributed by atoms with Crippen molar-refractivity contribution in [1.29, 1.82) is 0 Å². The van der Waals surface area contributed by atoms with Crippen molar-refractivity contribution in [3.63, 3.8) is 0 Å². The summed E-state index contributed by atoms with van der Waals surface area (Å²) in [4.78, 5) is 10.8. The molecule has 0 unspecified atom stereocenters. The Balaban J connectivity index is 2.97. The highest BCUT2D eigenvalue weighted by Gasteiger charge is 2.10. The fraction of sp³-hybridized carbons (Fsp3) is 0.300. The van der Waals surface area contributed by atoms with Gasteiger partial charge in [0.05, 0.1) is 5.56 Å². The average molecular weight is 214 g/mol. The Morgan fingerprint density at radius 2 is 2.29 bits per heavy atom. The lowest BCUT2D eigenvalue weighted by Crippen LogP contribution is -2.02. The van der Waals surface area contributed by atoms with E-state index in [0.29, 0.717) is 11.3 Å². The Labute approximate surface area is 86.1 Å². The minimum Gasteiger partial charge on any atom is -0.478 e. The number of hydrogen-bond acceptors (Lipinski definition) is 2. The molecule has 0 spiro atoms. The highest BCUT2D eigenvalue weighted by Crippen LogP contribution is 2.17. The van der Waals surface area contributed by atoms with Crippen LogP contribution in [-0.2, 0) is 5.75 Å². The van der Waals surface area contributed by atoms with Crippen molar-refractivity contribution in [1.82, 2.24) is 0 Å². The maximum Gasteiger partial charge on any atom is 0.335 e. The molecule has 0 aliphatic heterocycles. The van der Waals surface area contributed by atoms with E-state index in [1.54, 1.807) is 11.8 Å². The first kappa shape index (κ1) is 11.0. The van der Waals surface area contributed by atoms with Crippen LogP contribution in [0.4, 0.5) is 4.39 Å². The molecule has 14 heavy (non-hydrogen) atoms. The van der Waals surface area contributed by atoms with Crippen LogP contribution in [0, 0.1) is 5.82 Å². The molecule has 0 saturated heterocycles. The van der Waals surface area contributed by atoms with E-state index < -0.39 is 5.97 Å². The summed E-state index contributed by atoms with van der Waals surface area (Å²) in [5, 5.41) is 8.82. The van der Waals surface area contributed by atoms with E-state index in [0.717, 1.165) is 5.75 Å². The Hall–Kier alpha value is -1.03. The van der Waals surface area contributed by atoms with Gasteiger partial charge in [0.2, 0.25) is 0 Å². The summed E-state index contributed by atoms with van der Waals surface area (Å²) in [6, 6.07) is 3.76. The quantitative estimate of drug-likeness (QED) is 0.837. The molecule has 4 heteroatoms.